The van der Waals surface area contributed by atoms with Crippen LogP contribution < -0.4 is 15.0 Å². The van der Waals surface area contributed by atoms with E-state index in [1.807, 2.05) is 45.0 Å². The number of amides is 2. The first-order chi connectivity index (χ1) is 13.0. The maximum absolute atomic E-state index is 12.4. The molecular formula is C19H24N4O4. The summed E-state index contributed by atoms with van der Waals surface area (Å²) in [6, 6.07) is 7.47. The molecule has 1 fully saturated rings. The van der Waals surface area contributed by atoms with E-state index in [-0.39, 0.29) is 36.1 Å². The maximum Gasteiger partial charge on any atom is 0.322 e. The second-order valence-electron chi connectivity index (χ2n) is 6.92. The van der Waals surface area contributed by atoms with Gasteiger partial charge in [-0.15, -0.1) is 5.10 Å². The molecule has 1 atom stereocenters. The van der Waals surface area contributed by atoms with E-state index in [9.17, 15) is 9.59 Å². The molecule has 2 aromatic rings. The van der Waals surface area contributed by atoms with Crippen molar-refractivity contribution in [3.8, 4) is 5.75 Å². The highest BCUT2D eigenvalue weighted by Gasteiger charge is 2.35. The van der Waals surface area contributed by atoms with E-state index in [0.29, 0.717) is 25.5 Å². The van der Waals surface area contributed by atoms with Crippen molar-refractivity contribution in [2.24, 2.45) is 5.92 Å². The molecule has 0 saturated carbocycles. The third kappa shape index (κ3) is 4.64. The molecule has 0 aliphatic carbocycles. The van der Waals surface area contributed by atoms with Gasteiger partial charge in [0, 0.05) is 25.1 Å². The first-order valence-corrected chi connectivity index (χ1v) is 9.12. The Morgan fingerprint density at radius 1 is 1.33 bits per heavy atom. The number of aromatic nitrogens is 2. The summed E-state index contributed by atoms with van der Waals surface area (Å²) < 4.78 is 11.0. The van der Waals surface area contributed by atoms with Gasteiger partial charge in [-0.2, -0.15) is 0 Å². The van der Waals surface area contributed by atoms with Crippen molar-refractivity contribution in [1.29, 1.82) is 0 Å². The fraction of sp³-hybridized carbons (Fsp3) is 0.474. The lowest BCUT2D eigenvalue weighted by Crippen LogP contribution is -2.24. The molecule has 1 aromatic carbocycles. The zero-order valence-corrected chi connectivity index (χ0v) is 15.8. The zero-order chi connectivity index (χ0) is 19.4. The van der Waals surface area contributed by atoms with Crippen LogP contribution in [0.25, 0.3) is 0 Å². The number of benzene rings is 1. The number of nitrogens with zero attached hydrogens (tertiary/aromatic N) is 3. The van der Waals surface area contributed by atoms with E-state index < -0.39 is 0 Å². The van der Waals surface area contributed by atoms with Crippen molar-refractivity contribution in [2.75, 3.05) is 23.4 Å². The molecule has 3 rings (SSSR count). The van der Waals surface area contributed by atoms with E-state index >= 15 is 0 Å². The van der Waals surface area contributed by atoms with Gasteiger partial charge in [-0.05, 0) is 37.1 Å². The van der Waals surface area contributed by atoms with Crippen molar-refractivity contribution >= 4 is 23.5 Å². The number of hydrogen-bond donors (Lipinski definition) is 1. The topological polar surface area (TPSA) is 97.6 Å². The molecule has 1 aliphatic rings. The molecule has 0 radical (unpaired) electrons. The van der Waals surface area contributed by atoms with Crippen LogP contribution in [0, 0.1) is 5.92 Å². The van der Waals surface area contributed by atoms with Gasteiger partial charge in [0.25, 0.3) is 0 Å². The summed E-state index contributed by atoms with van der Waals surface area (Å²) in [7, 11) is 0. The van der Waals surface area contributed by atoms with Gasteiger partial charge >= 0.3 is 6.01 Å². The van der Waals surface area contributed by atoms with E-state index in [1.165, 1.54) is 0 Å². The molecule has 1 saturated heterocycles. The highest BCUT2D eigenvalue weighted by Crippen LogP contribution is 2.32. The Morgan fingerprint density at radius 3 is 2.74 bits per heavy atom. The first kappa shape index (κ1) is 18.9. The summed E-state index contributed by atoms with van der Waals surface area (Å²) in [4.78, 5) is 25.9. The summed E-state index contributed by atoms with van der Waals surface area (Å²) in [5.74, 6) is 0.987. The van der Waals surface area contributed by atoms with Crippen LogP contribution in [0.5, 0.6) is 5.75 Å². The van der Waals surface area contributed by atoms with Crippen LogP contribution in [0.15, 0.2) is 28.7 Å². The number of ether oxygens (including phenoxy) is 1. The van der Waals surface area contributed by atoms with E-state index in [0.717, 1.165) is 11.4 Å². The summed E-state index contributed by atoms with van der Waals surface area (Å²) in [5, 5.41) is 10.5. The van der Waals surface area contributed by atoms with Crippen molar-refractivity contribution in [3.05, 3.63) is 30.2 Å². The molecule has 27 heavy (non-hydrogen) atoms. The Kier molecular flexibility index (Phi) is 5.73. The van der Waals surface area contributed by atoms with Gasteiger partial charge in [-0.3, -0.25) is 14.9 Å². The molecule has 2 amide bonds. The molecule has 0 bridgehead atoms. The lowest BCUT2D eigenvalue weighted by atomic mass is 10.1. The average Bonchev–Trinajstić information content (AvgIpc) is 3.22. The first-order valence-electron chi connectivity index (χ1n) is 9.12. The maximum atomic E-state index is 12.4. The average molecular weight is 372 g/mol. The predicted octanol–water partition coefficient (Wildman–Crippen LogP) is 2.97. The third-order valence-electron chi connectivity index (χ3n) is 4.21. The largest absolute Gasteiger partial charge is 0.494 e. The van der Waals surface area contributed by atoms with Crippen LogP contribution in [0.2, 0.25) is 0 Å². The van der Waals surface area contributed by atoms with E-state index in [1.54, 1.807) is 4.90 Å². The van der Waals surface area contributed by atoms with Crippen molar-refractivity contribution in [3.63, 3.8) is 0 Å². The van der Waals surface area contributed by atoms with Crippen molar-refractivity contribution in [2.45, 2.75) is 39.5 Å². The Balaban J connectivity index is 1.64. The van der Waals surface area contributed by atoms with Gasteiger partial charge in [-0.1, -0.05) is 18.9 Å². The van der Waals surface area contributed by atoms with Crippen LogP contribution >= 0.6 is 0 Å². The van der Waals surface area contributed by atoms with Gasteiger partial charge in [0.1, 0.15) is 5.75 Å². The lowest BCUT2D eigenvalue weighted by molar-refractivity contribution is -0.118. The minimum absolute atomic E-state index is 0.00671. The smallest absolute Gasteiger partial charge is 0.322 e. The zero-order valence-electron chi connectivity index (χ0n) is 15.8. The minimum Gasteiger partial charge on any atom is -0.494 e. The molecule has 8 nitrogen and oxygen atoms in total. The summed E-state index contributed by atoms with van der Waals surface area (Å²) in [6.07, 6.45) is 0.667. The standard InChI is InChI=1S/C19H24N4O4/c1-4-26-15-7-5-14(6-8-15)23-11-13(10-17(23)25)18-21-22-19(27-18)20-16(24)9-12(2)3/h5-8,12-13H,4,9-11H2,1-3H3,(H,20,22,24). The molecule has 1 aliphatic heterocycles. The highest BCUT2D eigenvalue weighted by molar-refractivity contribution is 5.96. The molecule has 144 valence electrons. The predicted molar refractivity (Wildman–Crippen MR) is 99.7 cm³/mol. The molecule has 8 heteroatoms. The number of hydrogen-bond acceptors (Lipinski definition) is 6. The summed E-state index contributed by atoms with van der Waals surface area (Å²) in [5.41, 5.74) is 0.802. The lowest BCUT2D eigenvalue weighted by Gasteiger charge is -2.16. The van der Waals surface area contributed by atoms with Crippen LogP contribution in [0.3, 0.4) is 0 Å². The molecule has 1 aromatic heterocycles. The molecule has 1 unspecified atom stereocenters. The molecule has 1 N–H and O–H groups in total. The Labute approximate surface area is 157 Å². The number of rotatable bonds is 7. The fourth-order valence-corrected chi connectivity index (χ4v) is 3.00. The number of carbonyl (C=O) groups is 2. The SMILES string of the molecule is CCOc1ccc(N2CC(c3nnc(NC(=O)CC(C)C)o3)CC2=O)cc1. The van der Waals surface area contributed by atoms with Gasteiger partial charge in [0.2, 0.25) is 17.7 Å². The van der Waals surface area contributed by atoms with Gasteiger partial charge < -0.3 is 14.1 Å². The molecule has 2 heterocycles. The quantitative estimate of drug-likeness (QED) is 0.802. The van der Waals surface area contributed by atoms with Crippen LogP contribution in [0.4, 0.5) is 11.7 Å². The highest BCUT2D eigenvalue weighted by atomic mass is 16.5. The summed E-state index contributed by atoms with van der Waals surface area (Å²) >= 11 is 0. The third-order valence-corrected chi connectivity index (χ3v) is 4.21. The van der Waals surface area contributed by atoms with Gasteiger partial charge in [-0.25, -0.2) is 0 Å². The molecular weight excluding hydrogens is 348 g/mol. The minimum atomic E-state index is -0.202. The van der Waals surface area contributed by atoms with E-state index in [4.69, 9.17) is 9.15 Å². The monoisotopic (exact) mass is 372 g/mol. The Morgan fingerprint density at radius 2 is 2.07 bits per heavy atom. The number of anilines is 2. The van der Waals surface area contributed by atoms with Gasteiger partial charge in [0.15, 0.2) is 0 Å². The summed E-state index contributed by atoms with van der Waals surface area (Å²) in [6.45, 7) is 6.88. The van der Waals surface area contributed by atoms with Crippen LogP contribution in [-0.2, 0) is 9.59 Å². The van der Waals surface area contributed by atoms with Gasteiger partial charge in [0.05, 0.1) is 12.5 Å². The van der Waals surface area contributed by atoms with Crippen molar-refractivity contribution in [1.82, 2.24) is 10.2 Å². The molecule has 0 spiro atoms. The Hall–Kier alpha value is -2.90. The number of nitrogens with one attached hydrogen (secondary N) is 1. The normalized spacial score (nSPS) is 16.8. The second-order valence-corrected chi connectivity index (χ2v) is 6.92. The Bertz CT molecular complexity index is 800. The second kappa shape index (κ2) is 8.20. The van der Waals surface area contributed by atoms with Crippen molar-refractivity contribution < 1.29 is 18.7 Å². The van der Waals surface area contributed by atoms with Crippen LogP contribution in [0.1, 0.15) is 45.4 Å². The fourth-order valence-electron chi connectivity index (χ4n) is 3.00. The van der Waals surface area contributed by atoms with E-state index in [2.05, 4.69) is 15.5 Å². The number of carbonyl (C=O) groups excluding carboxylic acids is 2. The van der Waals surface area contributed by atoms with Crippen LogP contribution in [-0.4, -0.2) is 35.2 Å².